The molecule has 0 saturated heterocycles. The molecule has 0 amide bonds. The highest BCUT2D eigenvalue weighted by Crippen LogP contribution is 2.63. The largest absolute Gasteiger partial charge is 0.463 e. The zero-order chi connectivity index (χ0) is 17.1. The molecule has 0 unspecified atom stereocenters. The third-order valence-electron chi connectivity index (χ3n) is 8.35. The fourth-order valence-corrected chi connectivity index (χ4v) is 7.04. The standard InChI is InChI=1S/C22H34O2/c1-14(23)24-16-9-12-22(4)15(13-16)5-6-17-18-10-11-21(2,3)19(18)7-8-20(17)22/h15-17,20H,5-13H2,1-4H3/t15-,16-,17-,20-,22-/m1/s1. The molecule has 0 aromatic rings. The number of esters is 1. The molecule has 2 fully saturated rings. The Labute approximate surface area is 147 Å². The highest BCUT2D eigenvalue weighted by molar-refractivity contribution is 5.66. The minimum absolute atomic E-state index is 0.0991. The predicted octanol–water partition coefficient (Wildman–Crippen LogP) is 5.66. The first-order valence-electron chi connectivity index (χ1n) is 10.2. The summed E-state index contributed by atoms with van der Waals surface area (Å²) in [5.41, 5.74) is 4.65. The van der Waals surface area contributed by atoms with Gasteiger partial charge in [-0.3, -0.25) is 4.79 Å². The van der Waals surface area contributed by atoms with Gasteiger partial charge in [0.15, 0.2) is 0 Å². The number of carbonyl (C=O) groups is 1. The van der Waals surface area contributed by atoms with Crippen molar-refractivity contribution in [1.82, 2.24) is 0 Å². The summed E-state index contributed by atoms with van der Waals surface area (Å²) in [6, 6.07) is 0. The molecule has 0 heterocycles. The van der Waals surface area contributed by atoms with Gasteiger partial charge in [0.25, 0.3) is 0 Å². The molecule has 4 aliphatic carbocycles. The van der Waals surface area contributed by atoms with E-state index in [4.69, 9.17) is 4.74 Å². The highest BCUT2D eigenvalue weighted by atomic mass is 16.5. The van der Waals surface area contributed by atoms with Crippen LogP contribution >= 0.6 is 0 Å². The van der Waals surface area contributed by atoms with Crippen LogP contribution < -0.4 is 0 Å². The molecule has 0 spiro atoms. The molecule has 0 bridgehead atoms. The van der Waals surface area contributed by atoms with Crippen molar-refractivity contribution in [2.45, 2.75) is 91.6 Å². The molecule has 4 rings (SSSR count). The number of allylic oxidation sites excluding steroid dienone is 2. The third kappa shape index (κ3) is 2.47. The van der Waals surface area contributed by atoms with E-state index in [2.05, 4.69) is 20.8 Å². The Kier molecular flexibility index (Phi) is 3.89. The molecule has 0 radical (unpaired) electrons. The van der Waals surface area contributed by atoms with Crippen LogP contribution in [-0.2, 0) is 9.53 Å². The first kappa shape index (κ1) is 16.7. The van der Waals surface area contributed by atoms with Gasteiger partial charge in [-0.2, -0.15) is 0 Å². The Hall–Kier alpha value is -0.790. The zero-order valence-electron chi connectivity index (χ0n) is 16.0. The van der Waals surface area contributed by atoms with E-state index in [9.17, 15) is 4.79 Å². The third-order valence-corrected chi connectivity index (χ3v) is 8.35. The fraction of sp³-hybridized carbons (Fsp3) is 0.864. The summed E-state index contributed by atoms with van der Waals surface area (Å²) >= 11 is 0. The Morgan fingerprint density at radius 1 is 1.04 bits per heavy atom. The van der Waals surface area contributed by atoms with Crippen LogP contribution in [0, 0.1) is 28.6 Å². The molecule has 0 N–H and O–H groups in total. The summed E-state index contributed by atoms with van der Waals surface area (Å²) in [6.07, 6.45) is 11.8. The van der Waals surface area contributed by atoms with E-state index >= 15 is 0 Å². The highest BCUT2D eigenvalue weighted by Gasteiger charge is 2.54. The Morgan fingerprint density at radius 3 is 2.58 bits per heavy atom. The lowest BCUT2D eigenvalue weighted by Crippen LogP contribution is -2.49. The van der Waals surface area contributed by atoms with Gasteiger partial charge in [-0.15, -0.1) is 0 Å². The first-order chi connectivity index (χ1) is 11.3. The molecule has 5 atom stereocenters. The van der Waals surface area contributed by atoms with Crippen LogP contribution in [0.15, 0.2) is 11.1 Å². The van der Waals surface area contributed by atoms with Crippen LogP contribution in [0.2, 0.25) is 0 Å². The predicted molar refractivity (Wildman–Crippen MR) is 96.5 cm³/mol. The van der Waals surface area contributed by atoms with E-state index in [-0.39, 0.29) is 12.1 Å². The fourth-order valence-electron chi connectivity index (χ4n) is 7.04. The molecular weight excluding hydrogens is 296 g/mol. The van der Waals surface area contributed by atoms with E-state index in [0.717, 1.165) is 30.6 Å². The molecule has 2 nitrogen and oxygen atoms in total. The van der Waals surface area contributed by atoms with Gasteiger partial charge >= 0.3 is 5.97 Å². The summed E-state index contributed by atoms with van der Waals surface area (Å²) in [6.45, 7) is 9.06. The average molecular weight is 331 g/mol. The van der Waals surface area contributed by atoms with Gasteiger partial charge < -0.3 is 4.74 Å². The van der Waals surface area contributed by atoms with Gasteiger partial charge in [0.05, 0.1) is 0 Å². The number of hydrogen-bond acceptors (Lipinski definition) is 2. The Balaban J connectivity index is 1.56. The van der Waals surface area contributed by atoms with Crippen LogP contribution in [0.4, 0.5) is 0 Å². The molecule has 134 valence electrons. The molecule has 0 aromatic heterocycles. The summed E-state index contributed by atoms with van der Waals surface area (Å²) in [5.74, 6) is 2.40. The summed E-state index contributed by atoms with van der Waals surface area (Å²) in [7, 11) is 0. The quantitative estimate of drug-likeness (QED) is 0.458. The SMILES string of the molecule is CC(=O)O[C@@H]1CC[C@]2(C)[C@H](CC[C@@H]3C4=C(CC[C@H]32)C(C)(C)CC4)C1. The van der Waals surface area contributed by atoms with E-state index in [0.29, 0.717) is 10.8 Å². The van der Waals surface area contributed by atoms with E-state index in [1.165, 1.54) is 44.9 Å². The van der Waals surface area contributed by atoms with Gasteiger partial charge in [0, 0.05) is 6.92 Å². The van der Waals surface area contributed by atoms with Crippen molar-refractivity contribution in [2.24, 2.45) is 28.6 Å². The lowest BCUT2D eigenvalue weighted by Gasteiger charge is -2.57. The van der Waals surface area contributed by atoms with Crippen molar-refractivity contribution < 1.29 is 9.53 Å². The van der Waals surface area contributed by atoms with Crippen LogP contribution in [0.1, 0.15) is 85.5 Å². The molecule has 0 aromatic carbocycles. The Bertz CT molecular complexity index is 573. The van der Waals surface area contributed by atoms with Crippen molar-refractivity contribution >= 4 is 5.97 Å². The van der Waals surface area contributed by atoms with Crippen molar-refractivity contribution in [2.75, 3.05) is 0 Å². The molecular formula is C22H34O2. The first-order valence-corrected chi connectivity index (χ1v) is 10.2. The molecule has 2 saturated carbocycles. The van der Waals surface area contributed by atoms with Gasteiger partial charge in [-0.1, -0.05) is 31.9 Å². The number of carbonyl (C=O) groups excluding carboxylic acids is 1. The van der Waals surface area contributed by atoms with Crippen LogP contribution in [0.25, 0.3) is 0 Å². The molecule has 2 heteroatoms. The van der Waals surface area contributed by atoms with E-state index < -0.39 is 0 Å². The number of fused-ring (bicyclic) bond motifs is 4. The van der Waals surface area contributed by atoms with Crippen LogP contribution in [0.3, 0.4) is 0 Å². The number of rotatable bonds is 1. The van der Waals surface area contributed by atoms with Crippen molar-refractivity contribution in [3.05, 3.63) is 11.1 Å². The maximum absolute atomic E-state index is 11.3. The minimum Gasteiger partial charge on any atom is -0.463 e. The molecule has 4 aliphatic rings. The second-order valence-corrected chi connectivity index (χ2v) is 9.93. The zero-order valence-corrected chi connectivity index (χ0v) is 16.0. The normalized spacial score (nSPS) is 43.7. The second kappa shape index (κ2) is 5.61. The van der Waals surface area contributed by atoms with E-state index in [1.54, 1.807) is 6.92 Å². The summed E-state index contributed by atoms with van der Waals surface area (Å²) in [5, 5.41) is 0. The maximum atomic E-state index is 11.3. The van der Waals surface area contributed by atoms with Crippen LogP contribution in [-0.4, -0.2) is 12.1 Å². The van der Waals surface area contributed by atoms with Gasteiger partial charge in [0.2, 0.25) is 0 Å². The maximum Gasteiger partial charge on any atom is 0.302 e. The lowest BCUT2D eigenvalue weighted by atomic mass is 9.49. The summed E-state index contributed by atoms with van der Waals surface area (Å²) in [4.78, 5) is 11.3. The monoisotopic (exact) mass is 330 g/mol. The topological polar surface area (TPSA) is 26.3 Å². The average Bonchev–Trinajstić information content (AvgIpc) is 2.83. The van der Waals surface area contributed by atoms with Crippen molar-refractivity contribution in [3.8, 4) is 0 Å². The lowest BCUT2D eigenvalue weighted by molar-refractivity contribution is -0.154. The smallest absolute Gasteiger partial charge is 0.302 e. The van der Waals surface area contributed by atoms with Gasteiger partial charge in [0.1, 0.15) is 6.10 Å². The molecule has 24 heavy (non-hydrogen) atoms. The van der Waals surface area contributed by atoms with Crippen molar-refractivity contribution in [1.29, 1.82) is 0 Å². The number of hydrogen-bond donors (Lipinski definition) is 0. The van der Waals surface area contributed by atoms with Gasteiger partial charge in [-0.25, -0.2) is 0 Å². The van der Waals surface area contributed by atoms with Crippen LogP contribution in [0.5, 0.6) is 0 Å². The molecule has 0 aliphatic heterocycles. The minimum atomic E-state index is -0.0991. The van der Waals surface area contributed by atoms with E-state index in [1.807, 2.05) is 11.1 Å². The Morgan fingerprint density at radius 2 is 1.83 bits per heavy atom. The van der Waals surface area contributed by atoms with Crippen molar-refractivity contribution in [3.63, 3.8) is 0 Å². The van der Waals surface area contributed by atoms with Gasteiger partial charge in [-0.05, 0) is 86.4 Å². The number of ether oxygens (including phenoxy) is 1. The summed E-state index contributed by atoms with van der Waals surface area (Å²) < 4.78 is 5.57. The second-order valence-electron chi connectivity index (χ2n) is 9.93.